The maximum absolute atomic E-state index is 11.8. The number of ketones is 1. The third-order valence-corrected chi connectivity index (χ3v) is 2.50. The van der Waals surface area contributed by atoms with Gasteiger partial charge in [0, 0.05) is 5.56 Å². The molecule has 0 unspecified atom stereocenters. The van der Waals surface area contributed by atoms with Crippen LogP contribution in [0, 0.1) is 0 Å². The van der Waals surface area contributed by atoms with Crippen molar-refractivity contribution in [3.63, 3.8) is 0 Å². The lowest BCUT2D eigenvalue weighted by Gasteiger charge is -2.22. The van der Waals surface area contributed by atoms with Crippen LogP contribution in [-0.4, -0.2) is 23.4 Å². The molecule has 104 valence electrons. The Hall–Kier alpha value is -1.68. The number of hydrogen-bond donors (Lipinski definition) is 1. The SMILES string of the molecule is CC(=O)c1cccc(C[C@H](N)C(=O)OC(C)(C)C)c1. The van der Waals surface area contributed by atoms with E-state index < -0.39 is 17.6 Å². The molecule has 4 heteroatoms. The van der Waals surface area contributed by atoms with Gasteiger partial charge in [0.1, 0.15) is 11.6 Å². The van der Waals surface area contributed by atoms with Crippen molar-refractivity contribution >= 4 is 11.8 Å². The van der Waals surface area contributed by atoms with Crippen molar-refractivity contribution in [1.29, 1.82) is 0 Å². The molecule has 0 heterocycles. The van der Waals surface area contributed by atoms with Gasteiger partial charge in [-0.1, -0.05) is 18.2 Å². The Labute approximate surface area is 113 Å². The van der Waals surface area contributed by atoms with E-state index in [4.69, 9.17) is 10.5 Å². The highest BCUT2D eigenvalue weighted by Crippen LogP contribution is 2.12. The van der Waals surface area contributed by atoms with Gasteiger partial charge in [-0.2, -0.15) is 0 Å². The maximum Gasteiger partial charge on any atom is 0.323 e. The van der Waals surface area contributed by atoms with Crippen LogP contribution < -0.4 is 5.73 Å². The van der Waals surface area contributed by atoms with Gasteiger partial charge in [0.15, 0.2) is 5.78 Å². The normalized spacial score (nSPS) is 12.9. The van der Waals surface area contributed by atoms with Crippen molar-refractivity contribution in [1.82, 2.24) is 0 Å². The number of ether oxygens (including phenoxy) is 1. The average Bonchev–Trinajstić information content (AvgIpc) is 2.27. The molecule has 1 aromatic carbocycles. The predicted octanol–water partition coefficient (Wildman–Crippen LogP) is 2.10. The highest BCUT2D eigenvalue weighted by molar-refractivity contribution is 5.94. The number of carbonyl (C=O) groups excluding carboxylic acids is 2. The van der Waals surface area contributed by atoms with Gasteiger partial charge in [-0.15, -0.1) is 0 Å². The largest absolute Gasteiger partial charge is 0.459 e. The molecule has 0 aromatic heterocycles. The first-order valence-corrected chi connectivity index (χ1v) is 6.27. The molecular formula is C15H21NO3. The van der Waals surface area contributed by atoms with Crippen LogP contribution in [-0.2, 0) is 16.0 Å². The highest BCUT2D eigenvalue weighted by Gasteiger charge is 2.22. The predicted molar refractivity (Wildman–Crippen MR) is 74.0 cm³/mol. The summed E-state index contributed by atoms with van der Waals surface area (Å²) < 4.78 is 5.22. The molecule has 0 saturated carbocycles. The fraction of sp³-hybridized carbons (Fsp3) is 0.467. The highest BCUT2D eigenvalue weighted by atomic mass is 16.6. The van der Waals surface area contributed by atoms with Gasteiger partial charge in [0.2, 0.25) is 0 Å². The van der Waals surface area contributed by atoms with Crippen molar-refractivity contribution in [2.75, 3.05) is 0 Å². The molecule has 0 saturated heterocycles. The number of nitrogens with two attached hydrogens (primary N) is 1. The van der Waals surface area contributed by atoms with Gasteiger partial charge in [0.25, 0.3) is 0 Å². The summed E-state index contributed by atoms with van der Waals surface area (Å²) in [6.07, 6.45) is 0.357. The number of benzene rings is 1. The minimum Gasteiger partial charge on any atom is -0.459 e. The van der Waals surface area contributed by atoms with Crippen molar-refractivity contribution < 1.29 is 14.3 Å². The van der Waals surface area contributed by atoms with E-state index in [1.54, 1.807) is 39.0 Å². The molecule has 0 fully saturated rings. The van der Waals surface area contributed by atoms with Gasteiger partial charge in [-0.3, -0.25) is 9.59 Å². The standard InChI is InChI=1S/C15H21NO3/c1-10(17)12-7-5-6-11(8-12)9-13(16)14(18)19-15(2,3)4/h5-8,13H,9,16H2,1-4H3/t13-/m0/s1. The van der Waals surface area contributed by atoms with E-state index in [0.29, 0.717) is 12.0 Å². The van der Waals surface area contributed by atoms with E-state index >= 15 is 0 Å². The van der Waals surface area contributed by atoms with Crippen LogP contribution in [0.15, 0.2) is 24.3 Å². The number of rotatable bonds is 4. The second kappa shape index (κ2) is 5.97. The summed E-state index contributed by atoms with van der Waals surface area (Å²) >= 11 is 0. The minimum atomic E-state index is -0.721. The summed E-state index contributed by atoms with van der Waals surface area (Å²) in [6, 6.07) is 6.41. The Bertz CT molecular complexity index is 475. The number of carbonyl (C=O) groups is 2. The molecule has 0 aliphatic carbocycles. The number of hydrogen-bond acceptors (Lipinski definition) is 4. The molecule has 0 bridgehead atoms. The number of Topliss-reactive ketones (excluding diaryl/α,β-unsaturated/α-hetero) is 1. The summed E-state index contributed by atoms with van der Waals surface area (Å²) in [5, 5.41) is 0. The van der Waals surface area contributed by atoms with E-state index in [0.717, 1.165) is 5.56 Å². The molecule has 1 aromatic rings. The van der Waals surface area contributed by atoms with Crippen molar-refractivity contribution in [2.45, 2.75) is 45.8 Å². The first kappa shape index (κ1) is 15.4. The monoisotopic (exact) mass is 263 g/mol. The average molecular weight is 263 g/mol. The van der Waals surface area contributed by atoms with E-state index in [1.807, 2.05) is 6.07 Å². The zero-order chi connectivity index (χ0) is 14.6. The van der Waals surface area contributed by atoms with Crippen LogP contribution in [0.5, 0.6) is 0 Å². The summed E-state index contributed by atoms with van der Waals surface area (Å²) in [7, 11) is 0. The Morgan fingerprint density at radius 3 is 2.47 bits per heavy atom. The second-order valence-corrected chi connectivity index (χ2v) is 5.60. The molecule has 1 rings (SSSR count). The zero-order valence-electron chi connectivity index (χ0n) is 11.9. The quantitative estimate of drug-likeness (QED) is 0.667. The molecule has 19 heavy (non-hydrogen) atoms. The van der Waals surface area contributed by atoms with Crippen LogP contribution in [0.1, 0.15) is 43.6 Å². The molecule has 0 amide bonds. The fourth-order valence-electron chi connectivity index (χ4n) is 1.63. The summed E-state index contributed by atoms with van der Waals surface area (Å²) in [5.74, 6) is -0.437. The molecule has 1 atom stereocenters. The number of esters is 1. The molecule has 4 nitrogen and oxygen atoms in total. The van der Waals surface area contributed by atoms with Crippen molar-refractivity contribution in [2.24, 2.45) is 5.73 Å². The Balaban J connectivity index is 2.71. The van der Waals surface area contributed by atoms with Gasteiger partial charge < -0.3 is 10.5 Å². The van der Waals surface area contributed by atoms with Crippen molar-refractivity contribution in [3.05, 3.63) is 35.4 Å². The first-order valence-electron chi connectivity index (χ1n) is 6.27. The topological polar surface area (TPSA) is 69.4 Å². The smallest absolute Gasteiger partial charge is 0.323 e. The molecule has 0 spiro atoms. The maximum atomic E-state index is 11.8. The Morgan fingerprint density at radius 1 is 1.32 bits per heavy atom. The van der Waals surface area contributed by atoms with E-state index in [1.165, 1.54) is 6.92 Å². The Kier molecular flexibility index (Phi) is 4.84. The van der Waals surface area contributed by atoms with Crippen LogP contribution >= 0.6 is 0 Å². The third-order valence-electron chi connectivity index (χ3n) is 2.50. The van der Waals surface area contributed by atoms with Gasteiger partial charge in [-0.05, 0) is 45.7 Å². The molecule has 0 aliphatic rings. The van der Waals surface area contributed by atoms with Gasteiger partial charge >= 0.3 is 5.97 Å². The Morgan fingerprint density at radius 2 is 1.95 bits per heavy atom. The summed E-state index contributed by atoms with van der Waals surface area (Å²) in [4.78, 5) is 23.0. The molecular weight excluding hydrogens is 242 g/mol. The minimum absolute atomic E-state index is 0.00677. The zero-order valence-corrected chi connectivity index (χ0v) is 11.9. The van der Waals surface area contributed by atoms with Gasteiger partial charge in [-0.25, -0.2) is 0 Å². The first-order chi connectivity index (χ1) is 8.69. The summed E-state index contributed by atoms with van der Waals surface area (Å²) in [5.41, 5.74) is 6.75. The lowest BCUT2D eigenvalue weighted by atomic mass is 10.0. The molecule has 0 radical (unpaired) electrons. The van der Waals surface area contributed by atoms with Crippen LogP contribution in [0.4, 0.5) is 0 Å². The third kappa shape index (κ3) is 5.22. The fourth-order valence-corrected chi connectivity index (χ4v) is 1.63. The van der Waals surface area contributed by atoms with E-state index in [2.05, 4.69) is 0 Å². The lowest BCUT2D eigenvalue weighted by molar-refractivity contribution is -0.156. The van der Waals surface area contributed by atoms with Gasteiger partial charge in [0.05, 0.1) is 0 Å². The molecule has 0 aliphatic heterocycles. The van der Waals surface area contributed by atoms with Crippen LogP contribution in [0.25, 0.3) is 0 Å². The second-order valence-electron chi connectivity index (χ2n) is 5.60. The molecule has 2 N–H and O–H groups in total. The van der Waals surface area contributed by atoms with Crippen LogP contribution in [0.2, 0.25) is 0 Å². The summed E-state index contributed by atoms with van der Waals surface area (Å²) in [6.45, 7) is 6.91. The van der Waals surface area contributed by atoms with E-state index in [9.17, 15) is 9.59 Å². The lowest BCUT2D eigenvalue weighted by Crippen LogP contribution is -2.38. The van der Waals surface area contributed by atoms with Crippen LogP contribution in [0.3, 0.4) is 0 Å². The van der Waals surface area contributed by atoms with E-state index in [-0.39, 0.29) is 5.78 Å². The van der Waals surface area contributed by atoms with Crippen molar-refractivity contribution in [3.8, 4) is 0 Å².